The minimum absolute atomic E-state index is 0.639. The van der Waals surface area contributed by atoms with Crippen LogP contribution in [0.15, 0.2) is 22.7 Å². The van der Waals surface area contributed by atoms with E-state index in [4.69, 9.17) is 11.6 Å². The van der Waals surface area contributed by atoms with Gasteiger partial charge < -0.3 is 5.32 Å². The van der Waals surface area contributed by atoms with Crippen LogP contribution in [0, 0.1) is 0 Å². The number of hydrogen-bond acceptors (Lipinski definition) is 1. The van der Waals surface area contributed by atoms with Crippen molar-refractivity contribution in [3.05, 3.63) is 33.3 Å². The third-order valence-electron chi connectivity index (χ3n) is 2.57. The smallest absolute Gasteiger partial charge is 0.0419 e. The lowest BCUT2D eigenvalue weighted by Gasteiger charge is -2.10. The summed E-state index contributed by atoms with van der Waals surface area (Å²) in [4.78, 5) is 0. The molecule has 0 saturated carbocycles. The summed E-state index contributed by atoms with van der Waals surface area (Å²) < 4.78 is 1.07. The van der Waals surface area contributed by atoms with Gasteiger partial charge in [0.15, 0.2) is 0 Å². The number of rotatable bonds is 2. The minimum atomic E-state index is 0.639. The van der Waals surface area contributed by atoms with Crippen LogP contribution in [0.3, 0.4) is 0 Å². The van der Waals surface area contributed by atoms with Gasteiger partial charge in [-0.2, -0.15) is 0 Å². The topological polar surface area (TPSA) is 12.0 Å². The van der Waals surface area contributed by atoms with E-state index in [2.05, 4.69) is 27.3 Å². The predicted molar refractivity (Wildman–Crippen MR) is 63.9 cm³/mol. The fourth-order valence-corrected chi connectivity index (χ4v) is 2.87. The van der Waals surface area contributed by atoms with Gasteiger partial charge in [-0.15, -0.1) is 0 Å². The molecule has 3 heteroatoms. The van der Waals surface area contributed by atoms with Crippen molar-refractivity contribution in [2.45, 2.75) is 25.3 Å². The Morgan fingerprint density at radius 3 is 2.93 bits per heavy atom. The summed E-state index contributed by atoms with van der Waals surface area (Å²) in [5.74, 6) is 0. The molecule has 1 nitrogen and oxygen atoms in total. The van der Waals surface area contributed by atoms with Crippen LogP contribution in [0.25, 0.3) is 0 Å². The summed E-state index contributed by atoms with van der Waals surface area (Å²) in [6, 6.07) is 6.76. The second kappa shape index (κ2) is 4.65. The second-order valence-electron chi connectivity index (χ2n) is 3.78. The third kappa shape index (κ3) is 2.72. The summed E-state index contributed by atoms with van der Waals surface area (Å²) in [5, 5.41) is 4.30. The normalized spacial score (nSPS) is 21.4. The van der Waals surface area contributed by atoms with Crippen molar-refractivity contribution >= 4 is 27.5 Å². The van der Waals surface area contributed by atoms with E-state index in [0.717, 1.165) is 22.5 Å². The molecule has 1 atom stereocenters. The maximum Gasteiger partial charge on any atom is 0.0419 e. The molecule has 1 aliphatic rings. The zero-order valence-electron chi connectivity index (χ0n) is 7.89. The first-order valence-electron chi connectivity index (χ1n) is 4.92. The molecule has 0 spiro atoms. The Morgan fingerprint density at radius 1 is 1.43 bits per heavy atom. The molecule has 0 bridgehead atoms. The Labute approximate surface area is 98.0 Å². The van der Waals surface area contributed by atoms with E-state index in [-0.39, 0.29) is 0 Å². The lowest BCUT2D eigenvalue weighted by Crippen LogP contribution is -2.23. The molecule has 1 aromatic carbocycles. The van der Waals surface area contributed by atoms with Gasteiger partial charge >= 0.3 is 0 Å². The third-order valence-corrected chi connectivity index (χ3v) is 3.24. The van der Waals surface area contributed by atoms with Crippen molar-refractivity contribution in [2.75, 3.05) is 6.54 Å². The summed E-state index contributed by atoms with van der Waals surface area (Å²) in [6.45, 7) is 1.16. The van der Waals surface area contributed by atoms with Crippen LogP contribution in [0.2, 0.25) is 5.02 Å². The van der Waals surface area contributed by atoms with Gasteiger partial charge in [-0.05, 0) is 49.6 Å². The standard InChI is InChI=1S/C11H13BrClN/c12-9-4-8(5-10(13)7-9)6-11-2-1-3-14-11/h4-5,7,11,14H,1-3,6H2. The molecule has 1 saturated heterocycles. The van der Waals surface area contributed by atoms with Gasteiger partial charge in [0.25, 0.3) is 0 Å². The second-order valence-corrected chi connectivity index (χ2v) is 5.13. The zero-order valence-corrected chi connectivity index (χ0v) is 10.2. The van der Waals surface area contributed by atoms with Crippen molar-refractivity contribution in [1.82, 2.24) is 5.32 Å². The number of benzene rings is 1. The Hall–Kier alpha value is -0.0500. The van der Waals surface area contributed by atoms with Crippen LogP contribution in [0.4, 0.5) is 0 Å². The van der Waals surface area contributed by atoms with E-state index in [1.807, 2.05) is 12.1 Å². The molecule has 2 rings (SSSR count). The van der Waals surface area contributed by atoms with E-state index < -0.39 is 0 Å². The van der Waals surface area contributed by atoms with Gasteiger partial charge in [0, 0.05) is 15.5 Å². The largest absolute Gasteiger partial charge is 0.314 e. The molecule has 1 heterocycles. The van der Waals surface area contributed by atoms with Crippen LogP contribution in [0.1, 0.15) is 18.4 Å². The molecule has 1 aromatic rings. The maximum atomic E-state index is 5.99. The fraction of sp³-hybridized carbons (Fsp3) is 0.455. The van der Waals surface area contributed by atoms with Crippen molar-refractivity contribution in [2.24, 2.45) is 0 Å². The highest BCUT2D eigenvalue weighted by molar-refractivity contribution is 9.10. The Balaban J connectivity index is 2.07. The highest BCUT2D eigenvalue weighted by Gasteiger charge is 2.14. The first-order chi connectivity index (χ1) is 6.74. The average Bonchev–Trinajstić information content (AvgIpc) is 2.54. The Morgan fingerprint density at radius 2 is 2.29 bits per heavy atom. The van der Waals surface area contributed by atoms with Crippen LogP contribution < -0.4 is 5.32 Å². The molecule has 1 N–H and O–H groups in total. The van der Waals surface area contributed by atoms with Gasteiger partial charge in [0.1, 0.15) is 0 Å². The van der Waals surface area contributed by atoms with Crippen molar-refractivity contribution in [3.63, 3.8) is 0 Å². The Kier molecular flexibility index (Phi) is 3.47. The van der Waals surface area contributed by atoms with Crippen LogP contribution >= 0.6 is 27.5 Å². The highest BCUT2D eigenvalue weighted by Crippen LogP contribution is 2.21. The van der Waals surface area contributed by atoms with Crippen LogP contribution in [-0.2, 0) is 6.42 Å². The van der Waals surface area contributed by atoms with E-state index >= 15 is 0 Å². The summed E-state index contributed by atoms with van der Waals surface area (Å²) >= 11 is 9.44. The van der Waals surface area contributed by atoms with Crippen molar-refractivity contribution in [1.29, 1.82) is 0 Å². The first-order valence-corrected chi connectivity index (χ1v) is 6.09. The zero-order chi connectivity index (χ0) is 9.97. The quantitative estimate of drug-likeness (QED) is 0.871. The van der Waals surface area contributed by atoms with Gasteiger partial charge in [-0.25, -0.2) is 0 Å². The van der Waals surface area contributed by atoms with E-state index in [1.165, 1.54) is 18.4 Å². The molecule has 1 unspecified atom stereocenters. The summed E-state index contributed by atoms with van der Waals surface area (Å²) in [7, 11) is 0. The molecule has 0 amide bonds. The lowest BCUT2D eigenvalue weighted by atomic mass is 10.1. The molecule has 1 aliphatic heterocycles. The number of halogens is 2. The fourth-order valence-electron chi connectivity index (χ4n) is 1.94. The van der Waals surface area contributed by atoms with Gasteiger partial charge in [-0.3, -0.25) is 0 Å². The van der Waals surface area contributed by atoms with Crippen molar-refractivity contribution < 1.29 is 0 Å². The molecule has 14 heavy (non-hydrogen) atoms. The van der Waals surface area contributed by atoms with Gasteiger partial charge in [0.2, 0.25) is 0 Å². The molecule has 1 fully saturated rings. The van der Waals surface area contributed by atoms with Crippen molar-refractivity contribution in [3.8, 4) is 0 Å². The number of hydrogen-bond donors (Lipinski definition) is 1. The molecule has 0 aliphatic carbocycles. The number of nitrogens with one attached hydrogen (secondary N) is 1. The van der Waals surface area contributed by atoms with E-state index in [9.17, 15) is 0 Å². The monoisotopic (exact) mass is 273 g/mol. The molecule has 0 aromatic heterocycles. The lowest BCUT2D eigenvalue weighted by molar-refractivity contribution is 0.603. The minimum Gasteiger partial charge on any atom is -0.314 e. The molecule has 0 radical (unpaired) electrons. The Bertz CT molecular complexity index is 301. The van der Waals surface area contributed by atoms with E-state index in [0.29, 0.717) is 6.04 Å². The average molecular weight is 275 g/mol. The highest BCUT2D eigenvalue weighted by atomic mass is 79.9. The van der Waals surface area contributed by atoms with Crippen LogP contribution in [0.5, 0.6) is 0 Å². The predicted octanol–water partition coefficient (Wildman–Crippen LogP) is 3.40. The molecule has 76 valence electrons. The van der Waals surface area contributed by atoms with E-state index in [1.54, 1.807) is 0 Å². The molecular formula is C11H13BrClN. The molecular weight excluding hydrogens is 261 g/mol. The SMILES string of the molecule is Clc1cc(Br)cc(CC2CCCN2)c1. The van der Waals surface area contributed by atoms with Crippen LogP contribution in [-0.4, -0.2) is 12.6 Å². The summed E-state index contributed by atoms with van der Waals surface area (Å²) in [5.41, 5.74) is 1.31. The summed E-state index contributed by atoms with van der Waals surface area (Å²) in [6.07, 6.45) is 3.66. The maximum absolute atomic E-state index is 5.99. The van der Waals surface area contributed by atoms with Gasteiger partial charge in [0.05, 0.1) is 0 Å². The van der Waals surface area contributed by atoms with Gasteiger partial charge in [-0.1, -0.05) is 27.5 Å². The first kappa shape index (κ1) is 10.5.